The highest BCUT2D eigenvalue weighted by Crippen LogP contribution is 2.70. The van der Waals surface area contributed by atoms with Crippen LogP contribution in [0.3, 0.4) is 0 Å². The fourth-order valence-corrected chi connectivity index (χ4v) is 6.18. The lowest BCUT2D eigenvalue weighted by atomic mass is 10.4. The van der Waals surface area contributed by atoms with Gasteiger partial charge in [-0.2, -0.15) is 0 Å². The van der Waals surface area contributed by atoms with Crippen molar-refractivity contribution in [2.45, 2.75) is 14.7 Å². The molecule has 0 bridgehead atoms. The summed E-state index contributed by atoms with van der Waals surface area (Å²) in [5.74, 6) is 0. The molecular formula is C18H17OPS. The van der Waals surface area contributed by atoms with Crippen LogP contribution >= 0.6 is 19.8 Å². The lowest BCUT2D eigenvalue weighted by Gasteiger charge is -2.39. The summed E-state index contributed by atoms with van der Waals surface area (Å²) in [5, 5.41) is 0. The fourth-order valence-electron chi connectivity index (χ4n) is 2.41. The monoisotopic (exact) mass is 312 g/mol. The lowest BCUT2D eigenvalue weighted by Crippen LogP contribution is -2.03. The van der Waals surface area contributed by atoms with Gasteiger partial charge in [0, 0.05) is 24.2 Å². The van der Waals surface area contributed by atoms with E-state index in [-0.39, 0.29) is 0 Å². The molecule has 3 rings (SSSR count). The number of hydrogen-bond donors (Lipinski definition) is 0. The molecule has 0 amide bonds. The van der Waals surface area contributed by atoms with Crippen LogP contribution in [-0.4, -0.2) is 0 Å². The van der Waals surface area contributed by atoms with Gasteiger partial charge in [-0.25, -0.2) is 0 Å². The first-order chi connectivity index (χ1) is 10.4. The molecule has 0 heterocycles. The van der Waals surface area contributed by atoms with Crippen LogP contribution in [0.15, 0.2) is 106 Å². The quantitative estimate of drug-likeness (QED) is 0.562. The molecular weight excluding hydrogens is 295 g/mol. The summed E-state index contributed by atoms with van der Waals surface area (Å²) in [6, 6.07) is 31.3. The van der Waals surface area contributed by atoms with Gasteiger partial charge in [0.1, 0.15) is 0 Å². The van der Waals surface area contributed by atoms with E-state index in [1.54, 1.807) is 0 Å². The molecule has 0 aliphatic heterocycles. The topological polar surface area (TPSA) is 9.23 Å². The van der Waals surface area contributed by atoms with E-state index in [1.807, 2.05) is 18.2 Å². The van der Waals surface area contributed by atoms with E-state index in [2.05, 4.69) is 82.3 Å². The maximum absolute atomic E-state index is 6.10. The third-order valence-electron chi connectivity index (χ3n) is 3.37. The van der Waals surface area contributed by atoms with Crippen molar-refractivity contribution in [1.29, 1.82) is 0 Å². The average Bonchev–Trinajstić information content (AvgIpc) is 2.59. The Kier molecular flexibility index (Phi) is 4.40. The largest absolute Gasteiger partial charge is 0.309 e. The zero-order chi connectivity index (χ0) is 14.5. The molecule has 1 atom stereocenters. The van der Waals surface area contributed by atoms with Gasteiger partial charge in [-0.3, -0.25) is 0 Å². The first kappa shape index (κ1) is 14.3. The molecule has 0 saturated heterocycles. The molecule has 3 heteroatoms. The minimum absolute atomic E-state index is 1.19. The van der Waals surface area contributed by atoms with Gasteiger partial charge in [0.05, 0.1) is 0 Å². The highest BCUT2D eigenvalue weighted by Gasteiger charge is 2.30. The summed E-state index contributed by atoms with van der Waals surface area (Å²) in [6.07, 6.45) is 0. The molecule has 0 N–H and O–H groups in total. The predicted molar refractivity (Wildman–Crippen MR) is 92.5 cm³/mol. The molecule has 0 aliphatic carbocycles. The van der Waals surface area contributed by atoms with Gasteiger partial charge < -0.3 is 3.97 Å². The van der Waals surface area contributed by atoms with Crippen molar-refractivity contribution in [3.05, 3.63) is 91.0 Å². The van der Waals surface area contributed by atoms with Crippen LogP contribution in [0, 0.1) is 0 Å². The minimum Gasteiger partial charge on any atom is -0.309 e. The van der Waals surface area contributed by atoms with E-state index in [0.717, 1.165) is 0 Å². The van der Waals surface area contributed by atoms with Crippen LogP contribution in [0.5, 0.6) is 0 Å². The Bertz CT molecular complexity index is 590. The summed E-state index contributed by atoms with van der Waals surface area (Å²) in [5.41, 5.74) is 0. The average molecular weight is 312 g/mol. The molecule has 1 unspecified atom stereocenters. The summed E-state index contributed by atoms with van der Waals surface area (Å²) < 4.78 is 6.10. The number of hydrogen-bond acceptors (Lipinski definition) is 1. The van der Waals surface area contributed by atoms with Crippen molar-refractivity contribution < 1.29 is 3.97 Å². The van der Waals surface area contributed by atoms with Crippen LogP contribution in [0.1, 0.15) is 0 Å². The predicted octanol–water partition coefficient (Wildman–Crippen LogP) is 5.69. The van der Waals surface area contributed by atoms with Gasteiger partial charge in [0.25, 0.3) is 0 Å². The van der Waals surface area contributed by atoms with Crippen molar-refractivity contribution in [3.8, 4) is 0 Å². The van der Waals surface area contributed by atoms with Crippen molar-refractivity contribution >= 4 is 19.8 Å². The molecule has 106 valence electrons. The van der Waals surface area contributed by atoms with Crippen molar-refractivity contribution in [1.82, 2.24) is 0 Å². The summed E-state index contributed by atoms with van der Waals surface area (Å²) in [7, 11) is 0.772. The summed E-state index contributed by atoms with van der Waals surface area (Å²) in [6.45, 7) is 0. The van der Waals surface area contributed by atoms with Crippen molar-refractivity contribution in [2.75, 3.05) is 0 Å². The van der Waals surface area contributed by atoms with E-state index in [0.29, 0.717) is 0 Å². The molecule has 3 aromatic rings. The maximum Gasteiger partial charge on any atom is 0.0218 e. The molecule has 0 aromatic heterocycles. The van der Waals surface area contributed by atoms with Gasteiger partial charge in [-0.1, -0.05) is 64.9 Å². The highest BCUT2D eigenvalue weighted by atomic mass is 32.3. The third kappa shape index (κ3) is 2.63. The van der Waals surface area contributed by atoms with Gasteiger partial charge in [-0.15, -0.1) is 0 Å². The Morgan fingerprint density at radius 1 is 0.524 bits per heavy atom. The molecule has 0 aliphatic rings. The zero-order valence-electron chi connectivity index (χ0n) is 11.6. The first-order valence-corrected chi connectivity index (χ1v) is 8.78. The second-order valence-corrected chi connectivity index (χ2v) is 7.89. The fraction of sp³-hybridized carbons (Fsp3) is 0. The zero-order valence-corrected chi connectivity index (χ0v) is 13.5. The Balaban J connectivity index is 2.29. The molecule has 0 fully saturated rings. The molecule has 0 spiro atoms. The van der Waals surface area contributed by atoms with Gasteiger partial charge in [-0.05, 0) is 36.4 Å². The minimum atomic E-state index is -1.71. The van der Waals surface area contributed by atoms with Crippen LogP contribution < -0.4 is 0 Å². The van der Waals surface area contributed by atoms with E-state index in [1.165, 1.54) is 14.7 Å². The Hall–Kier alpha value is -1.60. The molecule has 3 aromatic carbocycles. The van der Waals surface area contributed by atoms with Gasteiger partial charge >= 0.3 is 0 Å². The first-order valence-electron chi connectivity index (χ1n) is 6.75. The standard InChI is InChI=1S/C18H17OPS/c20-19-21(16-10-4-1-5-11-16,17-12-6-2-7-13-17)18-14-8-3-9-15-18/h1-15H,20H2. The van der Waals surface area contributed by atoms with Crippen LogP contribution in [0.4, 0.5) is 0 Å². The third-order valence-corrected chi connectivity index (χ3v) is 7.33. The van der Waals surface area contributed by atoms with E-state index in [9.17, 15) is 0 Å². The Labute approximate surface area is 129 Å². The van der Waals surface area contributed by atoms with Gasteiger partial charge in [0.2, 0.25) is 0 Å². The second kappa shape index (κ2) is 6.44. The van der Waals surface area contributed by atoms with Crippen LogP contribution in [0.2, 0.25) is 0 Å². The van der Waals surface area contributed by atoms with E-state index in [4.69, 9.17) is 3.97 Å². The summed E-state index contributed by atoms with van der Waals surface area (Å²) in [4.78, 5) is 3.58. The molecule has 0 radical (unpaired) electrons. The lowest BCUT2D eigenvalue weighted by molar-refractivity contribution is 0.712. The van der Waals surface area contributed by atoms with Crippen LogP contribution in [-0.2, 0) is 3.97 Å². The SMILES string of the molecule is POS(c1ccccc1)(c1ccccc1)c1ccccc1. The van der Waals surface area contributed by atoms with Crippen molar-refractivity contribution in [3.63, 3.8) is 0 Å². The Morgan fingerprint density at radius 2 is 0.810 bits per heavy atom. The normalized spacial score (nSPS) is 12.0. The van der Waals surface area contributed by atoms with Crippen LogP contribution in [0.25, 0.3) is 0 Å². The smallest absolute Gasteiger partial charge is 0.0218 e. The molecule has 1 nitrogen and oxygen atoms in total. The maximum atomic E-state index is 6.10. The van der Waals surface area contributed by atoms with E-state index < -0.39 is 10.3 Å². The second-order valence-electron chi connectivity index (χ2n) is 4.59. The molecule has 21 heavy (non-hydrogen) atoms. The van der Waals surface area contributed by atoms with Crippen molar-refractivity contribution in [2.24, 2.45) is 0 Å². The van der Waals surface area contributed by atoms with E-state index >= 15 is 0 Å². The summed E-state index contributed by atoms with van der Waals surface area (Å²) >= 11 is 0. The number of benzene rings is 3. The number of rotatable bonds is 4. The van der Waals surface area contributed by atoms with Gasteiger partial charge in [0.15, 0.2) is 0 Å². The highest BCUT2D eigenvalue weighted by molar-refractivity contribution is 8.31. The Morgan fingerprint density at radius 3 is 1.05 bits per heavy atom. The molecule has 0 saturated carbocycles.